The molecule has 0 atom stereocenters. The quantitative estimate of drug-likeness (QED) is 0.813. The molecule has 27 heavy (non-hydrogen) atoms. The van der Waals surface area contributed by atoms with Crippen LogP contribution in [-0.2, 0) is 9.53 Å². The average Bonchev–Trinajstić information content (AvgIpc) is 2.68. The van der Waals surface area contributed by atoms with Crippen molar-refractivity contribution in [3.05, 3.63) is 18.2 Å². The molecule has 2 fully saturated rings. The third-order valence-electron chi connectivity index (χ3n) is 5.21. The molecule has 0 spiro atoms. The first kappa shape index (κ1) is 21.6. The lowest BCUT2D eigenvalue weighted by molar-refractivity contribution is -0.142. The first-order valence-electron chi connectivity index (χ1n) is 9.11. The van der Waals surface area contributed by atoms with Crippen LogP contribution in [-0.4, -0.2) is 63.0 Å². The molecule has 0 aromatic heterocycles. The first-order valence-corrected chi connectivity index (χ1v) is 9.11. The van der Waals surface area contributed by atoms with E-state index < -0.39 is 5.54 Å². The topological polar surface area (TPSA) is 83.2 Å². The number of hydrogen-bond acceptors (Lipinski definition) is 6. The van der Waals surface area contributed by atoms with Crippen LogP contribution in [0.1, 0.15) is 25.7 Å². The molecule has 0 bridgehead atoms. The monoisotopic (exact) mass is 400 g/mol. The number of para-hydroxylation sites is 1. The summed E-state index contributed by atoms with van der Waals surface area (Å²) in [6.45, 7) is 2.38. The number of ether oxygens (including phenoxy) is 4. The van der Waals surface area contributed by atoms with Gasteiger partial charge in [-0.15, -0.1) is 12.4 Å². The summed E-state index contributed by atoms with van der Waals surface area (Å²) in [4.78, 5) is 14.7. The lowest BCUT2D eigenvalue weighted by atomic mass is 9.89. The van der Waals surface area contributed by atoms with Crippen LogP contribution in [0.15, 0.2) is 18.2 Å². The van der Waals surface area contributed by atoms with E-state index in [1.165, 1.54) is 0 Å². The summed E-state index contributed by atoms with van der Waals surface area (Å²) < 4.78 is 22.3. The van der Waals surface area contributed by atoms with Gasteiger partial charge in [-0.2, -0.15) is 0 Å². The first-order chi connectivity index (χ1) is 12.6. The largest absolute Gasteiger partial charge is 0.493 e. The van der Waals surface area contributed by atoms with Crippen molar-refractivity contribution in [1.82, 2.24) is 4.90 Å². The number of carbonyl (C=O) groups is 1. The number of hydrogen-bond donors (Lipinski definition) is 1. The number of benzene rings is 1. The highest BCUT2D eigenvalue weighted by atomic mass is 35.5. The average molecular weight is 401 g/mol. The Kier molecular flexibility index (Phi) is 7.59. The van der Waals surface area contributed by atoms with Gasteiger partial charge in [0.1, 0.15) is 6.10 Å². The number of amides is 1. The van der Waals surface area contributed by atoms with Gasteiger partial charge < -0.3 is 29.6 Å². The fourth-order valence-electron chi connectivity index (χ4n) is 3.54. The molecule has 1 aromatic rings. The van der Waals surface area contributed by atoms with Crippen LogP contribution in [0.2, 0.25) is 0 Å². The summed E-state index contributed by atoms with van der Waals surface area (Å²) in [6.07, 6.45) is 2.67. The van der Waals surface area contributed by atoms with E-state index in [-0.39, 0.29) is 24.4 Å². The van der Waals surface area contributed by atoms with Crippen LogP contribution in [0.5, 0.6) is 17.2 Å². The van der Waals surface area contributed by atoms with E-state index in [1.54, 1.807) is 14.2 Å². The van der Waals surface area contributed by atoms with Crippen LogP contribution in [0, 0.1) is 0 Å². The Bertz CT molecular complexity index is 606. The Hall–Kier alpha value is -1.70. The second-order valence-electron chi connectivity index (χ2n) is 6.87. The molecule has 0 aliphatic carbocycles. The molecule has 0 saturated carbocycles. The third kappa shape index (κ3) is 4.78. The fraction of sp³-hybridized carbons (Fsp3) is 0.632. The van der Waals surface area contributed by atoms with E-state index in [1.807, 2.05) is 23.1 Å². The molecule has 1 aromatic carbocycles. The molecule has 2 N–H and O–H groups in total. The highest BCUT2D eigenvalue weighted by Gasteiger charge is 2.40. The van der Waals surface area contributed by atoms with Crippen LogP contribution >= 0.6 is 12.4 Å². The summed E-state index contributed by atoms with van der Waals surface area (Å²) in [7, 11) is 3.22. The molecule has 0 unspecified atom stereocenters. The van der Waals surface area contributed by atoms with Crippen LogP contribution in [0.25, 0.3) is 0 Å². The Balaban J connectivity index is 0.00000261. The maximum absolute atomic E-state index is 12.8. The van der Waals surface area contributed by atoms with E-state index >= 15 is 0 Å². The fourth-order valence-corrected chi connectivity index (χ4v) is 3.54. The Morgan fingerprint density at radius 1 is 1.15 bits per heavy atom. The molecule has 152 valence electrons. The van der Waals surface area contributed by atoms with Gasteiger partial charge in [0.15, 0.2) is 11.5 Å². The zero-order chi connectivity index (χ0) is 18.6. The molecule has 2 aliphatic rings. The molecule has 2 saturated heterocycles. The zero-order valence-corrected chi connectivity index (χ0v) is 16.8. The lowest BCUT2D eigenvalue weighted by Crippen LogP contribution is -2.59. The number of halogens is 1. The van der Waals surface area contributed by atoms with Crippen LogP contribution < -0.4 is 19.9 Å². The lowest BCUT2D eigenvalue weighted by Gasteiger charge is -2.39. The van der Waals surface area contributed by atoms with Crippen molar-refractivity contribution in [3.63, 3.8) is 0 Å². The van der Waals surface area contributed by atoms with Gasteiger partial charge in [0.2, 0.25) is 11.7 Å². The minimum atomic E-state index is -0.780. The Labute approximate surface area is 166 Å². The Morgan fingerprint density at radius 3 is 2.22 bits per heavy atom. The number of carbonyl (C=O) groups excluding carboxylic acids is 1. The van der Waals surface area contributed by atoms with E-state index in [9.17, 15) is 4.79 Å². The predicted octanol–water partition coefficient (Wildman–Crippen LogP) is 2.00. The normalized spacial score (nSPS) is 19.7. The molecule has 2 aliphatic heterocycles. The van der Waals surface area contributed by atoms with Crippen molar-refractivity contribution in [2.24, 2.45) is 5.73 Å². The van der Waals surface area contributed by atoms with Crippen molar-refractivity contribution in [2.45, 2.75) is 37.3 Å². The van der Waals surface area contributed by atoms with Gasteiger partial charge in [0.25, 0.3) is 0 Å². The zero-order valence-electron chi connectivity index (χ0n) is 15.9. The molecule has 7 nitrogen and oxygen atoms in total. The van der Waals surface area contributed by atoms with Crippen molar-refractivity contribution < 1.29 is 23.7 Å². The molecular weight excluding hydrogens is 372 g/mol. The minimum Gasteiger partial charge on any atom is -0.493 e. The second-order valence-corrected chi connectivity index (χ2v) is 6.87. The summed E-state index contributed by atoms with van der Waals surface area (Å²) in [5.41, 5.74) is 5.55. The van der Waals surface area contributed by atoms with Gasteiger partial charge in [-0.3, -0.25) is 4.79 Å². The molecule has 0 radical (unpaired) electrons. The summed E-state index contributed by atoms with van der Waals surface area (Å²) in [6, 6.07) is 5.56. The van der Waals surface area contributed by atoms with Crippen LogP contribution in [0.4, 0.5) is 0 Å². The van der Waals surface area contributed by atoms with E-state index in [4.69, 9.17) is 24.7 Å². The van der Waals surface area contributed by atoms with Gasteiger partial charge in [0, 0.05) is 39.1 Å². The maximum atomic E-state index is 12.8. The van der Waals surface area contributed by atoms with Gasteiger partial charge in [-0.1, -0.05) is 6.07 Å². The summed E-state index contributed by atoms with van der Waals surface area (Å²) >= 11 is 0. The molecule has 8 heteroatoms. The van der Waals surface area contributed by atoms with Gasteiger partial charge >= 0.3 is 0 Å². The molecular formula is C19H29ClN2O5. The number of methoxy groups -OCH3 is 2. The second kappa shape index (κ2) is 9.48. The van der Waals surface area contributed by atoms with E-state index in [0.29, 0.717) is 56.4 Å². The van der Waals surface area contributed by atoms with Gasteiger partial charge in [0.05, 0.1) is 19.8 Å². The molecule has 3 rings (SSSR count). The molecule has 2 heterocycles. The maximum Gasteiger partial charge on any atom is 0.242 e. The van der Waals surface area contributed by atoms with Crippen molar-refractivity contribution >= 4 is 18.3 Å². The summed E-state index contributed by atoms with van der Waals surface area (Å²) in [5.74, 6) is 1.94. The SMILES string of the molecule is COc1cccc(OC)c1OC1CCN(C(=O)C2(N)CCOCC2)CC1.Cl. The van der Waals surface area contributed by atoms with Crippen molar-refractivity contribution in [1.29, 1.82) is 0 Å². The number of rotatable bonds is 5. The number of nitrogens with zero attached hydrogens (tertiary/aromatic N) is 1. The molecule has 1 amide bonds. The minimum absolute atomic E-state index is 0. The third-order valence-corrected chi connectivity index (χ3v) is 5.21. The highest BCUT2D eigenvalue weighted by molar-refractivity contribution is 5.86. The van der Waals surface area contributed by atoms with E-state index in [2.05, 4.69) is 0 Å². The number of likely N-dealkylation sites (tertiary alicyclic amines) is 1. The van der Waals surface area contributed by atoms with Gasteiger partial charge in [-0.25, -0.2) is 0 Å². The smallest absolute Gasteiger partial charge is 0.242 e. The van der Waals surface area contributed by atoms with Crippen molar-refractivity contribution in [2.75, 3.05) is 40.5 Å². The number of nitrogens with two attached hydrogens (primary N) is 1. The predicted molar refractivity (Wildman–Crippen MR) is 104 cm³/mol. The Morgan fingerprint density at radius 2 is 1.70 bits per heavy atom. The van der Waals surface area contributed by atoms with Crippen LogP contribution in [0.3, 0.4) is 0 Å². The van der Waals surface area contributed by atoms with Crippen molar-refractivity contribution in [3.8, 4) is 17.2 Å². The van der Waals surface area contributed by atoms with E-state index in [0.717, 1.165) is 12.8 Å². The standard InChI is InChI=1S/C19H28N2O5.ClH/c1-23-15-4-3-5-16(24-2)17(15)26-14-6-10-21(11-7-14)18(22)19(20)8-12-25-13-9-19;/h3-5,14H,6-13,20H2,1-2H3;1H. The summed E-state index contributed by atoms with van der Waals surface area (Å²) in [5, 5.41) is 0. The number of piperidine rings is 1. The highest BCUT2D eigenvalue weighted by Crippen LogP contribution is 2.38. The van der Waals surface area contributed by atoms with Gasteiger partial charge in [-0.05, 0) is 25.0 Å².